The van der Waals surface area contributed by atoms with E-state index in [1.807, 2.05) is 11.5 Å². The molecule has 3 aromatic rings. The van der Waals surface area contributed by atoms with Crippen molar-refractivity contribution in [2.45, 2.75) is 44.8 Å². The van der Waals surface area contributed by atoms with Gasteiger partial charge in [-0.25, -0.2) is 9.99 Å². The quantitative estimate of drug-likeness (QED) is 0.180. The number of aromatic hydroxyl groups is 1. The zero-order valence-corrected chi connectivity index (χ0v) is 21.7. The van der Waals surface area contributed by atoms with Gasteiger partial charge in [0.05, 0.1) is 43.4 Å². The molecule has 0 aliphatic rings. The van der Waals surface area contributed by atoms with Gasteiger partial charge in [-0.3, -0.25) is 4.79 Å². The van der Waals surface area contributed by atoms with Gasteiger partial charge in [0.1, 0.15) is 0 Å². The number of hydrazone groups is 1. The average molecular weight is 499 g/mol. The minimum atomic E-state index is -0.273. The van der Waals surface area contributed by atoms with Gasteiger partial charge in [-0.1, -0.05) is 32.9 Å². The Morgan fingerprint density at radius 3 is 2.37 bits per heavy atom. The van der Waals surface area contributed by atoms with Crippen molar-refractivity contribution in [3.63, 3.8) is 0 Å². The van der Waals surface area contributed by atoms with Crippen LogP contribution in [0.15, 0.2) is 46.7 Å². The van der Waals surface area contributed by atoms with Gasteiger partial charge < -0.3 is 14.6 Å². The standard InChI is InChI=1S/C25H31N5O4S/c1-7-30-23(17-8-10-18(11-9-17)25(2,3)4)28-29-24(30)35-15-21(31)27-26-14-16-12-19(33-5)22(32)20(13-16)34-6/h8-14H,7,15H2,1-6H3,(H2,26,27,31,32)/p+1. The average Bonchev–Trinajstić information content (AvgIpc) is 3.26. The SMILES string of the molecule is CC[n+]1c(SCC(=O)N/N=C/c2cc(OC)c(O)c(OC)c2)n[nH]c1-c1ccc(C(C)(C)C)cc1. The summed E-state index contributed by atoms with van der Waals surface area (Å²) >= 11 is 1.32. The summed E-state index contributed by atoms with van der Waals surface area (Å²) in [6.07, 6.45) is 1.45. The molecule has 0 bridgehead atoms. The number of phenolic OH excluding ortho intramolecular Hbond substituents is 1. The molecule has 0 saturated carbocycles. The summed E-state index contributed by atoms with van der Waals surface area (Å²) in [7, 11) is 2.89. The van der Waals surface area contributed by atoms with Crippen LogP contribution in [-0.4, -0.2) is 47.4 Å². The number of nitrogens with one attached hydrogen (secondary N) is 2. The summed E-state index contributed by atoms with van der Waals surface area (Å²) in [5.74, 6) is 1.17. The lowest BCUT2D eigenvalue weighted by Crippen LogP contribution is -2.36. The van der Waals surface area contributed by atoms with Crippen LogP contribution in [0.5, 0.6) is 17.2 Å². The molecule has 0 unspecified atom stereocenters. The van der Waals surface area contributed by atoms with Crippen molar-refractivity contribution in [2.75, 3.05) is 20.0 Å². The van der Waals surface area contributed by atoms with Crippen LogP contribution >= 0.6 is 11.8 Å². The molecule has 0 atom stereocenters. The van der Waals surface area contributed by atoms with Crippen molar-refractivity contribution in [1.29, 1.82) is 0 Å². The van der Waals surface area contributed by atoms with E-state index < -0.39 is 0 Å². The first kappa shape index (κ1) is 26.1. The molecule has 0 aliphatic heterocycles. The Hall–Kier alpha value is -3.53. The highest BCUT2D eigenvalue weighted by Crippen LogP contribution is 2.36. The molecule has 0 fully saturated rings. The monoisotopic (exact) mass is 498 g/mol. The molecule has 1 heterocycles. The molecule has 0 spiro atoms. The number of ether oxygens (including phenoxy) is 2. The van der Waals surface area contributed by atoms with E-state index in [4.69, 9.17) is 9.47 Å². The number of amides is 1. The number of hydrogen-bond acceptors (Lipinski definition) is 7. The van der Waals surface area contributed by atoms with E-state index in [-0.39, 0.29) is 34.3 Å². The van der Waals surface area contributed by atoms with Crippen LogP contribution in [0.2, 0.25) is 0 Å². The molecule has 186 valence electrons. The molecule has 35 heavy (non-hydrogen) atoms. The summed E-state index contributed by atoms with van der Waals surface area (Å²) in [5, 5.41) is 22.2. The van der Waals surface area contributed by atoms with E-state index in [1.54, 1.807) is 12.1 Å². The molecular weight excluding hydrogens is 466 g/mol. The maximum atomic E-state index is 12.3. The largest absolute Gasteiger partial charge is 0.502 e. The number of aromatic nitrogens is 3. The Balaban J connectivity index is 1.63. The highest BCUT2D eigenvalue weighted by molar-refractivity contribution is 7.99. The highest BCUT2D eigenvalue weighted by atomic mass is 32.2. The van der Waals surface area contributed by atoms with Crippen molar-refractivity contribution in [3.8, 4) is 28.6 Å². The lowest BCUT2D eigenvalue weighted by molar-refractivity contribution is -0.719. The zero-order valence-electron chi connectivity index (χ0n) is 20.9. The number of methoxy groups -OCH3 is 2. The highest BCUT2D eigenvalue weighted by Gasteiger charge is 2.22. The number of rotatable bonds is 9. The number of phenols is 1. The smallest absolute Gasteiger partial charge is 0.337 e. The van der Waals surface area contributed by atoms with Gasteiger partial charge in [0.25, 0.3) is 11.7 Å². The van der Waals surface area contributed by atoms with Crippen LogP contribution in [0.4, 0.5) is 0 Å². The van der Waals surface area contributed by atoms with Crippen LogP contribution in [0, 0.1) is 0 Å². The maximum Gasteiger partial charge on any atom is 0.337 e. The van der Waals surface area contributed by atoms with Crippen LogP contribution in [0.25, 0.3) is 11.4 Å². The van der Waals surface area contributed by atoms with Gasteiger partial charge in [0.15, 0.2) is 11.5 Å². The van der Waals surface area contributed by atoms with Gasteiger partial charge in [0, 0.05) is 5.56 Å². The van der Waals surface area contributed by atoms with Crippen molar-refractivity contribution in [1.82, 2.24) is 15.6 Å². The van der Waals surface area contributed by atoms with E-state index in [0.717, 1.165) is 16.5 Å². The minimum absolute atomic E-state index is 0.0878. The summed E-state index contributed by atoms with van der Waals surface area (Å²) in [6.45, 7) is 9.31. The minimum Gasteiger partial charge on any atom is -0.502 e. The lowest BCUT2D eigenvalue weighted by Gasteiger charge is -2.18. The van der Waals surface area contributed by atoms with Gasteiger partial charge in [-0.2, -0.15) is 5.10 Å². The number of H-pyrrole nitrogens is 1. The van der Waals surface area contributed by atoms with Gasteiger partial charge in [0.2, 0.25) is 5.75 Å². The van der Waals surface area contributed by atoms with E-state index in [1.165, 1.54) is 37.8 Å². The lowest BCUT2D eigenvalue weighted by atomic mass is 9.87. The number of carbonyl (C=O) groups is 1. The van der Waals surface area contributed by atoms with Crippen LogP contribution < -0.4 is 19.5 Å². The van der Waals surface area contributed by atoms with Crippen molar-refractivity contribution in [2.24, 2.45) is 5.10 Å². The Morgan fingerprint density at radius 2 is 1.83 bits per heavy atom. The fourth-order valence-corrected chi connectivity index (χ4v) is 4.21. The molecule has 0 radical (unpaired) electrons. The molecule has 0 saturated heterocycles. The molecule has 0 aliphatic carbocycles. The van der Waals surface area contributed by atoms with Crippen LogP contribution in [0.1, 0.15) is 38.8 Å². The van der Waals surface area contributed by atoms with Gasteiger partial charge in [-0.05, 0) is 53.9 Å². The van der Waals surface area contributed by atoms with E-state index in [2.05, 4.69) is 65.8 Å². The molecule has 1 aromatic heterocycles. The molecule has 3 N–H and O–H groups in total. The molecule has 10 heteroatoms. The molecule has 9 nitrogen and oxygen atoms in total. The van der Waals surface area contributed by atoms with Gasteiger partial charge >= 0.3 is 5.16 Å². The first-order valence-electron chi connectivity index (χ1n) is 11.2. The predicted octanol–water partition coefficient (Wildman–Crippen LogP) is 3.65. The zero-order chi connectivity index (χ0) is 25.6. The molecule has 1 amide bonds. The Morgan fingerprint density at radius 1 is 1.20 bits per heavy atom. The molecule has 2 aromatic carbocycles. The summed E-state index contributed by atoms with van der Waals surface area (Å²) < 4.78 is 12.3. The normalized spacial score (nSPS) is 11.6. The summed E-state index contributed by atoms with van der Waals surface area (Å²) in [6, 6.07) is 11.6. The first-order chi connectivity index (χ1) is 16.7. The number of carbonyl (C=O) groups excluding carboxylic acids is 1. The van der Waals surface area contributed by atoms with E-state index in [0.29, 0.717) is 12.1 Å². The van der Waals surface area contributed by atoms with Crippen LogP contribution in [-0.2, 0) is 16.8 Å². The number of benzene rings is 2. The number of nitrogens with zero attached hydrogens (tertiary/aromatic N) is 3. The number of hydrogen-bond donors (Lipinski definition) is 3. The van der Waals surface area contributed by atoms with Crippen molar-refractivity contribution < 1.29 is 23.9 Å². The number of thioether (sulfide) groups is 1. The number of aromatic amines is 1. The fraction of sp³-hybridized carbons (Fsp3) is 0.360. The van der Waals surface area contributed by atoms with Gasteiger partial charge in [-0.15, -0.1) is 5.10 Å². The summed E-state index contributed by atoms with van der Waals surface area (Å²) in [4.78, 5) is 12.3. The first-order valence-corrected chi connectivity index (χ1v) is 12.1. The third kappa shape index (κ3) is 6.33. The van der Waals surface area contributed by atoms with E-state index in [9.17, 15) is 9.90 Å². The summed E-state index contributed by atoms with van der Waals surface area (Å²) in [5.41, 5.74) is 5.49. The second-order valence-electron chi connectivity index (χ2n) is 8.78. The third-order valence-corrected chi connectivity index (χ3v) is 6.31. The van der Waals surface area contributed by atoms with Crippen molar-refractivity contribution in [3.05, 3.63) is 47.5 Å². The third-order valence-electron chi connectivity index (χ3n) is 5.34. The van der Waals surface area contributed by atoms with E-state index >= 15 is 0 Å². The molecule has 3 rings (SSSR count). The maximum absolute atomic E-state index is 12.3. The fourth-order valence-electron chi connectivity index (χ4n) is 3.40. The molecular formula is C25H32N5O4S+. The Labute approximate surface area is 209 Å². The Kier molecular flexibility index (Phi) is 8.39. The topological polar surface area (TPSA) is 113 Å². The van der Waals surface area contributed by atoms with Crippen LogP contribution in [0.3, 0.4) is 0 Å². The second kappa shape index (κ2) is 11.3. The predicted molar refractivity (Wildman–Crippen MR) is 136 cm³/mol. The van der Waals surface area contributed by atoms with Crippen molar-refractivity contribution >= 4 is 23.9 Å². The second-order valence-corrected chi connectivity index (χ2v) is 9.72. The Bertz CT molecular complexity index is 1170.